The average Bonchev–Trinajstić information content (AvgIpc) is 2.25. The molecular formula is C9H11N3O5S. The number of nitro groups is 1. The van der Waals surface area contributed by atoms with Gasteiger partial charge in [-0.25, -0.2) is 13.6 Å². The molecule has 0 aliphatic carbocycles. The highest BCUT2D eigenvalue weighted by Gasteiger charge is 2.24. The van der Waals surface area contributed by atoms with Crippen LogP contribution >= 0.6 is 0 Å². The van der Waals surface area contributed by atoms with E-state index < -0.39 is 31.4 Å². The second kappa shape index (κ2) is 4.70. The number of hydrogen-bond donors (Lipinski definition) is 1. The minimum absolute atomic E-state index is 0.00891. The first kappa shape index (κ1) is 14.1. The van der Waals surface area contributed by atoms with E-state index in [1.807, 2.05) is 0 Å². The third kappa shape index (κ3) is 2.81. The van der Waals surface area contributed by atoms with Crippen molar-refractivity contribution in [1.82, 2.24) is 4.90 Å². The summed E-state index contributed by atoms with van der Waals surface area (Å²) in [6, 6.07) is 3.02. The van der Waals surface area contributed by atoms with Crippen molar-refractivity contribution in [1.29, 1.82) is 0 Å². The molecule has 9 heteroatoms. The van der Waals surface area contributed by atoms with Gasteiger partial charge in [0.15, 0.2) is 4.90 Å². The molecule has 0 fully saturated rings. The minimum atomic E-state index is -4.27. The Hall–Kier alpha value is -2.00. The SMILES string of the molecule is CN(C)C(=O)c1ccc([N+](=O)[O-])c(S(N)(=O)=O)c1. The molecule has 1 rings (SSSR count). The summed E-state index contributed by atoms with van der Waals surface area (Å²) < 4.78 is 22.5. The van der Waals surface area contributed by atoms with E-state index in [4.69, 9.17) is 5.14 Å². The Morgan fingerprint density at radius 2 is 1.94 bits per heavy atom. The molecule has 8 nitrogen and oxygen atoms in total. The summed E-state index contributed by atoms with van der Waals surface area (Å²) in [6.07, 6.45) is 0. The number of carbonyl (C=O) groups excluding carboxylic acids is 1. The van der Waals surface area contributed by atoms with Crippen LogP contribution in [0.1, 0.15) is 10.4 Å². The molecule has 0 heterocycles. The minimum Gasteiger partial charge on any atom is -0.345 e. The van der Waals surface area contributed by atoms with Gasteiger partial charge in [0.2, 0.25) is 10.0 Å². The molecule has 0 saturated heterocycles. The molecule has 1 aromatic rings. The number of carbonyl (C=O) groups is 1. The maximum atomic E-state index is 11.6. The van der Waals surface area contributed by atoms with Gasteiger partial charge in [-0.1, -0.05) is 0 Å². The Labute approximate surface area is 103 Å². The lowest BCUT2D eigenvalue weighted by Gasteiger charge is -2.10. The third-order valence-electron chi connectivity index (χ3n) is 2.12. The van der Waals surface area contributed by atoms with Crippen LogP contribution in [-0.2, 0) is 10.0 Å². The fourth-order valence-corrected chi connectivity index (χ4v) is 2.01. The zero-order valence-corrected chi connectivity index (χ0v) is 10.5. The maximum absolute atomic E-state index is 11.6. The zero-order chi connectivity index (χ0) is 14.1. The van der Waals surface area contributed by atoms with Crippen molar-refractivity contribution >= 4 is 21.6 Å². The molecule has 0 spiro atoms. The average molecular weight is 273 g/mol. The summed E-state index contributed by atoms with van der Waals surface area (Å²) in [5, 5.41) is 15.6. The molecule has 0 aliphatic rings. The van der Waals surface area contributed by atoms with Crippen molar-refractivity contribution in [3.63, 3.8) is 0 Å². The lowest BCUT2D eigenvalue weighted by Crippen LogP contribution is -2.22. The molecule has 0 bridgehead atoms. The van der Waals surface area contributed by atoms with Gasteiger partial charge in [-0.2, -0.15) is 0 Å². The van der Waals surface area contributed by atoms with E-state index in [9.17, 15) is 23.3 Å². The Morgan fingerprint density at radius 1 is 1.39 bits per heavy atom. The van der Waals surface area contributed by atoms with Crippen molar-refractivity contribution < 1.29 is 18.1 Å². The number of sulfonamides is 1. The van der Waals surface area contributed by atoms with E-state index in [-0.39, 0.29) is 5.56 Å². The molecule has 98 valence electrons. The summed E-state index contributed by atoms with van der Waals surface area (Å²) in [5.41, 5.74) is -0.651. The van der Waals surface area contributed by atoms with E-state index in [0.29, 0.717) is 0 Å². The van der Waals surface area contributed by atoms with Crippen LogP contribution in [0.3, 0.4) is 0 Å². The first-order valence-corrected chi connectivity index (χ1v) is 6.22. The topological polar surface area (TPSA) is 124 Å². The highest BCUT2D eigenvalue weighted by atomic mass is 32.2. The smallest absolute Gasteiger partial charge is 0.289 e. The van der Waals surface area contributed by atoms with E-state index >= 15 is 0 Å². The molecule has 1 aromatic carbocycles. The number of nitrogens with two attached hydrogens (primary N) is 1. The van der Waals surface area contributed by atoms with E-state index in [0.717, 1.165) is 12.1 Å². The van der Waals surface area contributed by atoms with Crippen LogP contribution in [0, 0.1) is 10.1 Å². The summed E-state index contributed by atoms with van der Waals surface area (Å²) >= 11 is 0. The van der Waals surface area contributed by atoms with Crippen LogP contribution in [0.2, 0.25) is 0 Å². The molecular weight excluding hydrogens is 262 g/mol. The fraction of sp³-hybridized carbons (Fsp3) is 0.222. The van der Waals surface area contributed by atoms with Crippen LogP contribution in [0.15, 0.2) is 23.1 Å². The predicted molar refractivity (Wildman–Crippen MR) is 62.5 cm³/mol. The summed E-state index contributed by atoms with van der Waals surface area (Å²) in [7, 11) is -1.33. The number of nitrogens with zero attached hydrogens (tertiary/aromatic N) is 2. The van der Waals surface area contributed by atoms with E-state index in [1.54, 1.807) is 0 Å². The van der Waals surface area contributed by atoms with E-state index in [1.165, 1.54) is 25.1 Å². The van der Waals surface area contributed by atoms with Crippen molar-refractivity contribution in [2.75, 3.05) is 14.1 Å². The normalized spacial score (nSPS) is 11.1. The van der Waals surface area contributed by atoms with E-state index in [2.05, 4.69) is 0 Å². The predicted octanol–water partition coefficient (Wildman–Crippen LogP) is -0.0560. The van der Waals surface area contributed by atoms with Crippen molar-refractivity contribution in [3.05, 3.63) is 33.9 Å². The zero-order valence-electron chi connectivity index (χ0n) is 9.65. The van der Waals surface area contributed by atoms with Gasteiger partial charge in [0.1, 0.15) is 0 Å². The summed E-state index contributed by atoms with van der Waals surface area (Å²) in [6.45, 7) is 0. The Morgan fingerprint density at radius 3 is 2.33 bits per heavy atom. The number of nitro benzene ring substituents is 1. The third-order valence-corrected chi connectivity index (χ3v) is 3.06. The summed E-state index contributed by atoms with van der Waals surface area (Å²) in [5.74, 6) is -0.477. The molecule has 0 aliphatic heterocycles. The first-order chi connectivity index (χ1) is 8.14. The van der Waals surface area contributed by atoms with Gasteiger partial charge in [-0.3, -0.25) is 14.9 Å². The van der Waals surface area contributed by atoms with Crippen LogP contribution < -0.4 is 5.14 Å². The Balaban J connectivity index is 3.50. The van der Waals surface area contributed by atoms with Gasteiger partial charge < -0.3 is 4.90 Å². The van der Waals surface area contributed by atoms with Crippen molar-refractivity contribution in [3.8, 4) is 0 Å². The van der Waals surface area contributed by atoms with Crippen LogP contribution in [0.4, 0.5) is 5.69 Å². The van der Waals surface area contributed by atoms with Crippen molar-refractivity contribution in [2.45, 2.75) is 4.90 Å². The van der Waals surface area contributed by atoms with Gasteiger partial charge >= 0.3 is 0 Å². The lowest BCUT2D eigenvalue weighted by molar-refractivity contribution is -0.387. The van der Waals surface area contributed by atoms with Gasteiger partial charge in [0.25, 0.3) is 11.6 Å². The second-order valence-electron chi connectivity index (χ2n) is 3.68. The number of benzene rings is 1. The quantitative estimate of drug-likeness (QED) is 0.610. The van der Waals surface area contributed by atoms with Gasteiger partial charge in [0, 0.05) is 25.7 Å². The van der Waals surface area contributed by atoms with Gasteiger partial charge in [-0.15, -0.1) is 0 Å². The standard InChI is InChI=1S/C9H11N3O5S/c1-11(2)9(13)6-3-4-7(12(14)15)8(5-6)18(10,16)17/h3-5H,1-2H3,(H2,10,16,17). The molecule has 0 saturated carbocycles. The highest BCUT2D eigenvalue weighted by molar-refractivity contribution is 7.89. The largest absolute Gasteiger partial charge is 0.345 e. The van der Waals surface area contributed by atoms with Crippen LogP contribution in [-0.4, -0.2) is 38.2 Å². The molecule has 1 amide bonds. The fourth-order valence-electron chi connectivity index (χ4n) is 1.28. The number of rotatable bonds is 3. The Kier molecular flexibility index (Phi) is 3.67. The maximum Gasteiger partial charge on any atom is 0.289 e. The summed E-state index contributed by atoms with van der Waals surface area (Å²) in [4.78, 5) is 22.0. The Bertz CT molecular complexity index is 609. The number of hydrogen-bond acceptors (Lipinski definition) is 5. The molecule has 18 heavy (non-hydrogen) atoms. The monoisotopic (exact) mass is 273 g/mol. The molecule has 0 aromatic heterocycles. The highest BCUT2D eigenvalue weighted by Crippen LogP contribution is 2.24. The molecule has 0 radical (unpaired) electrons. The van der Waals surface area contributed by atoms with Crippen LogP contribution in [0.25, 0.3) is 0 Å². The number of amides is 1. The second-order valence-corrected chi connectivity index (χ2v) is 5.21. The molecule has 2 N–H and O–H groups in total. The van der Waals surface area contributed by atoms with Gasteiger partial charge in [0.05, 0.1) is 4.92 Å². The van der Waals surface area contributed by atoms with Crippen LogP contribution in [0.5, 0.6) is 0 Å². The molecule has 0 atom stereocenters. The number of primary sulfonamides is 1. The van der Waals surface area contributed by atoms with Gasteiger partial charge in [-0.05, 0) is 12.1 Å². The lowest BCUT2D eigenvalue weighted by atomic mass is 10.2. The first-order valence-electron chi connectivity index (χ1n) is 4.67. The van der Waals surface area contributed by atoms with Crippen molar-refractivity contribution in [2.24, 2.45) is 5.14 Å². The molecule has 0 unspecified atom stereocenters.